The second-order valence-electron chi connectivity index (χ2n) is 3.31. The van der Waals surface area contributed by atoms with Gasteiger partial charge in [0.2, 0.25) is 9.84 Å². The first-order chi connectivity index (χ1) is 8.00. The zero-order chi connectivity index (χ0) is 12.9. The molecule has 1 rings (SSSR count). The number of benzene rings is 1. The number of allylic oxidation sites excluding steroid dienone is 1. The van der Waals surface area contributed by atoms with Crippen LogP contribution in [0.25, 0.3) is 0 Å². The minimum atomic E-state index is -3.79. The number of sulfone groups is 1. The number of ether oxygens (including phenoxy) is 1. The van der Waals surface area contributed by atoms with Crippen molar-refractivity contribution < 1.29 is 17.9 Å². The van der Waals surface area contributed by atoms with E-state index in [4.69, 9.17) is 4.74 Å². The van der Waals surface area contributed by atoms with Gasteiger partial charge in [-0.15, -0.1) is 0 Å². The van der Waals surface area contributed by atoms with Crippen molar-refractivity contribution in [2.75, 3.05) is 6.61 Å². The molecule has 17 heavy (non-hydrogen) atoms. The molecule has 92 valence electrons. The van der Waals surface area contributed by atoms with Gasteiger partial charge >= 0.3 is 0 Å². The third-order valence-corrected chi connectivity index (χ3v) is 3.90. The van der Waals surface area contributed by atoms with E-state index in [1.807, 2.05) is 0 Å². The van der Waals surface area contributed by atoms with Crippen molar-refractivity contribution in [3.63, 3.8) is 0 Å². The Morgan fingerprint density at radius 2 is 1.88 bits per heavy atom. The van der Waals surface area contributed by atoms with E-state index in [9.17, 15) is 13.2 Å². The van der Waals surface area contributed by atoms with Crippen molar-refractivity contribution in [2.24, 2.45) is 0 Å². The van der Waals surface area contributed by atoms with Crippen LogP contribution in [0.1, 0.15) is 13.8 Å². The van der Waals surface area contributed by atoms with Crippen LogP contribution in [0.3, 0.4) is 0 Å². The summed E-state index contributed by atoms with van der Waals surface area (Å²) in [6.45, 7) is 3.22. The third-order valence-electron chi connectivity index (χ3n) is 2.05. The zero-order valence-corrected chi connectivity index (χ0v) is 10.5. The van der Waals surface area contributed by atoms with Crippen LogP contribution < -0.4 is 0 Å². The third kappa shape index (κ3) is 3.17. The van der Waals surface area contributed by atoms with Crippen LogP contribution in [-0.4, -0.2) is 20.8 Å². The fraction of sp³-hybridized carbons (Fsp3) is 0.250. The number of carbonyl (C=O) groups excluding carboxylic acids is 1. The summed E-state index contributed by atoms with van der Waals surface area (Å²) in [4.78, 5) is 11.1. The van der Waals surface area contributed by atoms with E-state index in [0.29, 0.717) is 6.61 Å². The van der Waals surface area contributed by atoms with E-state index in [1.54, 1.807) is 25.1 Å². The fourth-order valence-electron chi connectivity index (χ4n) is 1.22. The molecule has 0 aliphatic heterocycles. The Hall–Kier alpha value is -1.62. The highest BCUT2D eigenvalue weighted by Crippen LogP contribution is 2.19. The number of hydrogen-bond donors (Lipinski definition) is 0. The van der Waals surface area contributed by atoms with Crippen molar-refractivity contribution in [3.8, 4) is 0 Å². The monoisotopic (exact) mass is 254 g/mol. The summed E-state index contributed by atoms with van der Waals surface area (Å²) < 4.78 is 29.1. The molecule has 1 aromatic carbocycles. The molecular weight excluding hydrogens is 240 g/mol. The van der Waals surface area contributed by atoms with Gasteiger partial charge in [-0.1, -0.05) is 18.2 Å². The highest BCUT2D eigenvalue weighted by Gasteiger charge is 2.24. The molecule has 0 aliphatic rings. The average Bonchev–Trinajstić information content (AvgIpc) is 2.30. The van der Waals surface area contributed by atoms with Gasteiger partial charge in [0.1, 0.15) is 11.2 Å². The van der Waals surface area contributed by atoms with Gasteiger partial charge in [-0.2, -0.15) is 0 Å². The molecule has 0 radical (unpaired) electrons. The van der Waals surface area contributed by atoms with E-state index in [2.05, 4.69) is 0 Å². The lowest BCUT2D eigenvalue weighted by molar-refractivity contribution is -0.113. The molecule has 5 heteroatoms. The number of hydrogen-bond acceptors (Lipinski definition) is 4. The first kappa shape index (κ1) is 13.4. The Labute approximate surface area is 101 Å². The Balaban J connectivity index is 3.24. The predicted molar refractivity (Wildman–Crippen MR) is 64.0 cm³/mol. The minimum absolute atomic E-state index is 0.0844. The van der Waals surface area contributed by atoms with Gasteiger partial charge in [-0.3, -0.25) is 4.79 Å². The van der Waals surface area contributed by atoms with Crippen LogP contribution >= 0.6 is 0 Å². The molecule has 1 aromatic rings. The number of rotatable bonds is 5. The summed E-state index contributed by atoms with van der Waals surface area (Å²) >= 11 is 0. The van der Waals surface area contributed by atoms with Gasteiger partial charge in [-0.05, 0) is 26.0 Å². The van der Waals surface area contributed by atoms with Gasteiger partial charge in [0, 0.05) is 0 Å². The quantitative estimate of drug-likeness (QED) is 0.595. The van der Waals surface area contributed by atoms with Crippen LogP contribution in [0, 0.1) is 0 Å². The summed E-state index contributed by atoms with van der Waals surface area (Å²) in [6.07, 6.45) is 1.00. The minimum Gasteiger partial charge on any atom is -0.500 e. The molecule has 0 aliphatic carbocycles. The molecule has 0 saturated carbocycles. The number of ketones is 1. The molecule has 0 fully saturated rings. The molecule has 0 bridgehead atoms. The predicted octanol–water partition coefficient (Wildman–Crippen LogP) is 1.93. The summed E-state index contributed by atoms with van der Waals surface area (Å²) in [5.41, 5.74) is 0. The van der Waals surface area contributed by atoms with E-state index in [-0.39, 0.29) is 9.80 Å². The molecule has 0 N–H and O–H groups in total. The van der Waals surface area contributed by atoms with Gasteiger partial charge < -0.3 is 4.74 Å². The van der Waals surface area contributed by atoms with Crippen molar-refractivity contribution >= 4 is 15.6 Å². The van der Waals surface area contributed by atoms with Gasteiger partial charge in [0.15, 0.2) is 5.78 Å². The Morgan fingerprint density at radius 3 is 2.35 bits per heavy atom. The van der Waals surface area contributed by atoms with Crippen molar-refractivity contribution in [2.45, 2.75) is 18.7 Å². The van der Waals surface area contributed by atoms with Crippen molar-refractivity contribution in [1.82, 2.24) is 0 Å². The van der Waals surface area contributed by atoms with Gasteiger partial charge in [0.05, 0.1) is 11.5 Å². The second kappa shape index (κ2) is 5.63. The largest absolute Gasteiger partial charge is 0.500 e. The zero-order valence-electron chi connectivity index (χ0n) is 9.71. The Kier molecular flexibility index (Phi) is 4.45. The summed E-state index contributed by atoms with van der Waals surface area (Å²) in [5.74, 6) is -0.540. The molecule has 0 atom stereocenters. The topological polar surface area (TPSA) is 60.4 Å². The summed E-state index contributed by atoms with van der Waals surface area (Å²) in [5, 5.41) is 0. The maximum Gasteiger partial charge on any atom is 0.213 e. The standard InChI is InChI=1S/C12H14O4S/c1-3-16-9-12(10(2)13)17(14,15)11-7-5-4-6-8-11/h4-9H,3H2,1-2H3/b12-9-. The fourth-order valence-corrected chi connectivity index (χ4v) is 2.56. The van der Waals surface area contributed by atoms with E-state index < -0.39 is 15.6 Å². The van der Waals surface area contributed by atoms with E-state index >= 15 is 0 Å². The molecule has 0 heterocycles. The summed E-state index contributed by atoms with van der Waals surface area (Å²) in [6, 6.07) is 7.80. The van der Waals surface area contributed by atoms with E-state index in [1.165, 1.54) is 19.1 Å². The van der Waals surface area contributed by atoms with Gasteiger partial charge in [-0.25, -0.2) is 8.42 Å². The van der Waals surface area contributed by atoms with Crippen molar-refractivity contribution in [3.05, 3.63) is 41.5 Å². The Morgan fingerprint density at radius 1 is 1.29 bits per heavy atom. The van der Waals surface area contributed by atoms with Crippen molar-refractivity contribution in [1.29, 1.82) is 0 Å². The molecular formula is C12H14O4S. The van der Waals surface area contributed by atoms with Crippen LogP contribution in [0.5, 0.6) is 0 Å². The molecule has 0 unspecified atom stereocenters. The van der Waals surface area contributed by atoms with Crippen LogP contribution in [0.4, 0.5) is 0 Å². The van der Waals surface area contributed by atoms with E-state index in [0.717, 1.165) is 6.26 Å². The average molecular weight is 254 g/mol. The lowest BCUT2D eigenvalue weighted by Gasteiger charge is -2.06. The van der Waals surface area contributed by atoms with Gasteiger partial charge in [0.25, 0.3) is 0 Å². The molecule has 0 spiro atoms. The normalized spacial score (nSPS) is 12.2. The number of carbonyl (C=O) groups is 1. The molecule has 0 saturated heterocycles. The van der Waals surface area contributed by atoms with Crippen LogP contribution in [-0.2, 0) is 19.4 Å². The van der Waals surface area contributed by atoms with Crippen LogP contribution in [0.15, 0.2) is 46.4 Å². The molecule has 4 nitrogen and oxygen atoms in total. The lowest BCUT2D eigenvalue weighted by atomic mass is 10.4. The molecule has 0 amide bonds. The summed E-state index contributed by atoms with van der Waals surface area (Å²) in [7, 11) is -3.79. The lowest BCUT2D eigenvalue weighted by Crippen LogP contribution is -2.12. The highest BCUT2D eigenvalue weighted by molar-refractivity contribution is 7.96. The highest BCUT2D eigenvalue weighted by atomic mass is 32.2. The Bertz CT molecular complexity index is 515. The smallest absolute Gasteiger partial charge is 0.213 e. The number of Topliss-reactive ketones (excluding diaryl/α,β-unsaturated/α-hetero) is 1. The maximum absolute atomic E-state index is 12.1. The maximum atomic E-state index is 12.1. The first-order valence-corrected chi connectivity index (χ1v) is 6.61. The second-order valence-corrected chi connectivity index (χ2v) is 5.23. The van der Waals surface area contributed by atoms with Crippen LogP contribution in [0.2, 0.25) is 0 Å². The SMILES string of the molecule is CCO/C=C(/C(C)=O)S(=O)(=O)c1ccccc1. The molecule has 0 aromatic heterocycles. The first-order valence-electron chi connectivity index (χ1n) is 5.13.